The Morgan fingerprint density at radius 1 is 1.15 bits per heavy atom. The first-order valence-electron chi connectivity index (χ1n) is 8.39. The number of nitro groups is 1. The molecule has 0 spiro atoms. The summed E-state index contributed by atoms with van der Waals surface area (Å²) in [7, 11) is 0. The highest BCUT2D eigenvalue weighted by Crippen LogP contribution is 2.22. The Morgan fingerprint density at radius 2 is 1.78 bits per heavy atom. The maximum atomic E-state index is 12.0. The minimum atomic E-state index is -0.542. The largest absolute Gasteiger partial charge is 0.289 e. The number of non-ortho nitro benzene ring substituents is 1. The van der Waals surface area contributed by atoms with E-state index in [4.69, 9.17) is 0 Å². The molecule has 2 rings (SSSR count). The van der Waals surface area contributed by atoms with Crippen LogP contribution in [0.15, 0.2) is 73.3 Å². The van der Waals surface area contributed by atoms with Gasteiger partial charge >= 0.3 is 0 Å². The van der Waals surface area contributed by atoms with E-state index in [2.05, 4.69) is 11.9 Å². The Bertz CT molecular complexity index is 871. The summed E-state index contributed by atoms with van der Waals surface area (Å²) in [4.78, 5) is 34.2. The van der Waals surface area contributed by atoms with E-state index in [1.54, 1.807) is 42.5 Å². The van der Waals surface area contributed by atoms with Crippen molar-refractivity contribution in [2.75, 3.05) is 0 Å². The molecule has 1 N–H and O–H groups in total. The summed E-state index contributed by atoms with van der Waals surface area (Å²) in [6.45, 7) is 5.66. The fourth-order valence-electron chi connectivity index (χ4n) is 2.44. The monoisotopic (exact) mass is 364 g/mol. The molecule has 0 fully saturated rings. The second-order valence-electron chi connectivity index (χ2n) is 6.05. The summed E-state index contributed by atoms with van der Waals surface area (Å²) >= 11 is 0. The molecule has 0 radical (unpaired) electrons. The molecular formula is C21H20N2O4. The van der Waals surface area contributed by atoms with Crippen molar-refractivity contribution in [2.45, 2.75) is 19.3 Å². The van der Waals surface area contributed by atoms with Crippen molar-refractivity contribution in [1.29, 1.82) is 0 Å². The molecule has 6 nitrogen and oxygen atoms in total. The molecule has 0 bridgehead atoms. The van der Waals surface area contributed by atoms with Gasteiger partial charge in [0.05, 0.1) is 4.92 Å². The average Bonchev–Trinajstić information content (AvgIpc) is 2.67. The van der Waals surface area contributed by atoms with E-state index in [9.17, 15) is 19.7 Å². The molecule has 0 saturated carbocycles. The van der Waals surface area contributed by atoms with Crippen molar-refractivity contribution < 1.29 is 14.5 Å². The highest BCUT2D eigenvalue weighted by molar-refractivity contribution is 6.24. The van der Waals surface area contributed by atoms with Gasteiger partial charge in [0.25, 0.3) is 11.6 Å². The Morgan fingerprint density at radius 3 is 2.37 bits per heavy atom. The topological polar surface area (TPSA) is 89.3 Å². The zero-order chi connectivity index (χ0) is 19.8. The van der Waals surface area contributed by atoms with Gasteiger partial charge in [-0.1, -0.05) is 62.0 Å². The van der Waals surface area contributed by atoms with Crippen LogP contribution in [0.1, 0.15) is 30.4 Å². The van der Waals surface area contributed by atoms with Crippen molar-refractivity contribution in [2.24, 2.45) is 0 Å². The van der Waals surface area contributed by atoms with Crippen molar-refractivity contribution in [3.63, 3.8) is 0 Å². The van der Waals surface area contributed by atoms with Gasteiger partial charge in [-0.3, -0.25) is 25.0 Å². The number of hydrogen-bond donors (Lipinski definition) is 1. The zero-order valence-corrected chi connectivity index (χ0v) is 14.9. The molecule has 0 saturated heterocycles. The van der Waals surface area contributed by atoms with Gasteiger partial charge in [-0.25, -0.2) is 0 Å². The molecule has 2 amide bonds. The highest BCUT2D eigenvalue weighted by Gasteiger charge is 2.12. The van der Waals surface area contributed by atoms with E-state index in [-0.39, 0.29) is 17.2 Å². The number of imide groups is 1. The smallest absolute Gasteiger partial charge is 0.269 e. The first kappa shape index (κ1) is 19.8. The number of nitrogens with one attached hydrogen (secondary N) is 1. The molecule has 1 unspecified atom stereocenters. The number of carbonyl (C=O) groups is 2. The Hall–Kier alpha value is -3.54. The van der Waals surface area contributed by atoms with Crippen molar-refractivity contribution >= 4 is 23.1 Å². The number of carbonyl (C=O) groups excluding carboxylic acids is 2. The van der Waals surface area contributed by atoms with E-state index >= 15 is 0 Å². The molecule has 2 aromatic carbocycles. The molecule has 27 heavy (non-hydrogen) atoms. The minimum Gasteiger partial charge on any atom is -0.289 e. The third-order valence-electron chi connectivity index (χ3n) is 4.06. The molecule has 0 aliphatic carbocycles. The molecule has 0 aromatic heterocycles. The normalized spacial score (nSPS) is 11.7. The molecule has 2 aromatic rings. The second-order valence-corrected chi connectivity index (χ2v) is 6.05. The van der Waals surface area contributed by atoms with Crippen LogP contribution in [0.2, 0.25) is 0 Å². The van der Waals surface area contributed by atoms with E-state index in [1.165, 1.54) is 18.2 Å². The standard InChI is InChI=1S/C21H20N2O4/c1-15(17-11-13-19(14-12-17)23(26)27)7-6-10-20(24)22-21(25)16(2)18-8-4-3-5-9-18/h3-6,8-15H,2,7H2,1H3,(H,22,24,25). The number of benzene rings is 2. The molecule has 6 heteroatoms. The number of rotatable bonds is 7. The fraction of sp³-hybridized carbons (Fsp3) is 0.143. The van der Waals surface area contributed by atoms with Crippen LogP contribution in [0.5, 0.6) is 0 Å². The molecular weight excluding hydrogens is 344 g/mol. The van der Waals surface area contributed by atoms with Crippen LogP contribution in [0.4, 0.5) is 5.69 Å². The quantitative estimate of drug-likeness (QED) is 0.457. The summed E-state index contributed by atoms with van der Waals surface area (Å²) in [5, 5.41) is 12.9. The summed E-state index contributed by atoms with van der Waals surface area (Å²) in [6.07, 6.45) is 3.52. The molecule has 0 aliphatic rings. The van der Waals surface area contributed by atoms with E-state index in [0.717, 1.165) is 5.56 Å². The van der Waals surface area contributed by atoms with Gasteiger partial charge in [-0.2, -0.15) is 0 Å². The lowest BCUT2D eigenvalue weighted by Gasteiger charge is -2.08. The Labute approximate surface area is 157 Å². The number of allylic oxidation sites excluding steroid dienone is 1. The van der Waals surface area contributed by atoms with Crippen molar-refractivity contribution in [3.05, 3.63) is 94.6 Å². The third kappa shape index (κ3) is 5.74. The van der Waals surface area contributed by atoms with E-state index in [1.807, 2.05) is 13.0 Å². The molecule has 0 heterocycles. The van der Waals surface area contributed by atoms with Crippen molar-refractivity contribution in [1.82, 2.24) is 5.32 Å². The first-order valence-corrected chi connectivity index (χ1v) is 8.39. The lowest BCUT2D eigenvalue weighted by molar-refractivity contribution is -0.384. The molecule has 0 aliphatic heterocycles. The SMILES string of the molecule is C=C(C(=O)NC(=O)C=CCC(C)c1ccc([N+](=O)[O-])cc1)c1ccccc1. The Balaban J connectivity index is 1.86. The molecule has 138 valence electrons. The molecule has 1 atom stereocenters. The maximum Gasteiger partial charge on any atom is 0.269 e. The van der Waals surface area contributed by atoms with Crippen LogP contribution in [0.3, 0.4) is 0 Å². The predicted molar refractivity (Wildman–Crippen MR) is 104 cm³/mol. The van der Waals surface area contributed by atoms with E-state index < -0.39 is 16.7 Å². The van der Waals surface area contributed by atoms with Crippen LogP contribution in [0.25, 0.3) is 5.57 Å². The van der Waals surface area contributed by atoms with Crippen LogP contribution >= 0.6 is 0 Å². The van der Waals surface area contributed by atoms with Gasteiger partial charge in [0.15, 0.2) is 0 Å². The number of hydrogen-bond acceptors (Lipinski definition) is 4. The van der Waals surface area contributed by atoms with Gasteiger partial charge in [-0.15, -0.1) is 0 Å². The van der Waals surface area contributed by atoms with Gasteiger partial charge < -0.3 is 0 Å². The zero-order valence-electron chi connectivity index (χ0n) is 14.9. The summed E-state index contributed by atoms with van der Waals surface area (Å²) < 4.78 is 0. The van der Waals surface area contributed by atoms with Gasteiger partial charge in [0, 0.05) is 17.7 Å². The third-order valence-corrected chi connectivity index (χ3v) is 4.06. The average molecular weight is 364 g/mol. The number of amides is 2. The summed E-state index contributed by atoms with van der Waals surface area (Å²) in [5.41, 5.74) is 1.84. The lowest BCUT2D eigenvalue weighted by atomic mass is 9.97. The Kier molecular flexibility index (Phi) is 6.77. The summed E-state index contributed by atoms with van der Waals surface area (Å²) in [5.74, 6) is -0.989. The van der Waals surface area contributed by atoms with Crippen molar-refractivity contribution in [3.8, 4) is 0 Å². The highest BCUT2D eigenvalue weighted by atomic mass is 16.6. The summed E-state index contributed by atoms with van der Waals surface area (Å²) in [6, 6.07) is 15.2. The number of nitro benzene ring substituents is 1. The first-order chi connectivity index (χ1) is 12.9. The number of nitrogens with zero attached hydrogens (tertiary/aromatic N) is 1. The maximum absolute atomic E-state index is 12.0. The predicted octanol–water partition coefficient (Wildman–Crippen LogP) is 4.00. The van der Waals surface area contributed by atoms with Gasteiger partial charge in [0.1, 0.15) is 0 Å². The minimum absolute atomic E-state index is 0.0398. The van der Waals surface area contributed by atoms with Crippen LogP contribution in [0, 0.1) is 10.1 Å². The second kappa shape index (κ2) is 9.24. The van der Waals surface area contributed by atoms with Crippen LogP contribution < -0.4 is 5.32 Å². The van der Waals surface area contributed by atoms with Gasteiger partial charge in [-0.05, 0) is 29.5 Å². The van der Waals surface area contributed by atoms with Crippen LogP contribution in [-0.4, -0.2) is 16.7 Å². The fourth-order valence-corrected chi connectivity index (χ4v) is 2.44. The van der Waals surface area contributed by atoms with E-state index in [0.29, 0.717) is 12.0 Å². The van der Waals surface area contributed by atoms with Gasteiger partial charge in [0.2, 0.25) is 5.91 Å². The van der Waals surface area contributed by atoms with Crippen LogP contribution in [-0.2, 0) is 9.59 Å². The lowest BCUT2D eigenvalue weighted by Crippen LogP contribution is -2.29.